The Morgan fingerprint density at radius 1 is 1.38 bits per heavy atom. The number of carbonyl (C=O) groups is 1. The Bertz CT molecular complexity index is 262. The van der Waals surface area contributed by atoms with Gasteiger partial charge in [0.2, 0.25) is 5.91 Å². The molecule has 0 spiro atoms. The Kier molecular flexibility index (Phi) is 3.50. The Morgan fingerprint density at radius 3 is 2.62 bits per heavy atom. The van der Waals surface area contributed by atoms with Crippen molar-refractivity contribution in [2.45, 2.75) is 56.6 Å². The largest absolute Gasteiger partial charge is 0.388 e. The molecule has 0 aromatic carbocycles. The van der Waals surface area contributed by atoms with E-state index in [9.17, 15) is 9.90 Å². The number of rotatable bonds is 3. The maximum absolute atomic E-state index is 11.8. The summed E-state index contributed by atoms with van der Waals surface area (Å²) in [5.41, 5.74) is 5.14. The Hall–Kier alpha value is -0.610. The molecule has 0 aromatic heterocycles. The van der Waals surface area contributed by atoms with E-state index in [-0.39, 0.29) is 17.9 Å². The molecule has 16 heavy (non-hydrogen) atoms. The number of hydrogen-bond acceptors (Lipinski definition) is 3. The molecule has 4 N–H and O–H groups in total. The van der Waals surface area contributed by atoms with Crippen LogP contribution in [-0.4, -0.2) is 29.2 Å². The van der Waals surface area contributed by atoms with Crippen LogP contribution in [0.25, 0.3) is 0 Å². The molecule has 2 rings (SSSR count). The first-order valence-corrected chi connectivity index (χ1v) is 6.35. The van der Waals surface area contributed by atoms with Crippen LogP contribution in [0.15, 0.2) is 0 Å². The van der Waals surface area contributed by atoms with Gasteiger partial charge in [-0.1, -0.05) is 12.8 Å². The normalized spacial score (nSPS) is 32.9. The van der Waals surface area contributed by atoms with Crippen LogP contribution in [0.1, 0.15) is 44.9 Å². The van der Waals surface area contributed by atoms with Gasteiger partial charge in [0.05, 0.1) is 5.60 Å². The van der Waals surface area contributed by atoms with Crippen molar-refractivity contribution >= 4 is 5.91 Å². The fraction of sp³-hybridized carbons (Fsp3) is 0.917. The standard InChI is InChI=1S/C12H22N2O2/c13-10-4-3-9(7-10)11(15)14-8-12(16)5-1-2-6-12/h9-10,16H,1-8,13H2,(H,14,15). The van der Waals surface area contributed by atoms with E-state index in [1.165, 1.54) is 0 Å². The summed E-state index contributed by atoms with van der Waals surface area (Å²) in [6, 6.07) is 0.185. The summed E-state index contributed by atoms with van der Waals surface area (Å²) < 4.78 is 0. The summed E-state index contributed by atoms with van der Waals surface area (Å²) in [7, 11) is 0. The number of nitrogens with two attached hydrogens (primary N) is 1. The Labute approximate surface area is 96.6 Å². The first kappa shape index (κ1) is 11.9. The Balaban J connectivity index is 1.75. The van der Waals surface area contributed by atoms with E-state index in [2.05, 4.69) is 5.32 Å². The molecule has 2 atom stereocenters. The molecule has 92 valence electrons. The van der Waals surface area contributed by atoms with Crippen molar-refractivity contribution in [1.29, 1.82) is 0 Å². The predicted octanol–water partition coefficient (Wildman–Crippen LogP) is 0.535. The molecule has 2 fully saturated rings. The van der Waals surface area contributed by atoms with Crippen LogP contribution in [0.2, 0.25) is 0 Å². The third-order valence-electron chi connectivity index (χ3n) is 3.97. The fourth-order valence-corrected chi connectivity index (χ4v) is 2.86. The van der Waals surface area contributed by atoms with Crippen LogP contribution in [0.4, 0.5) is 0 Å². The van der Waals surface area contributed by atoms with E-state index in [1.807, 2.05) is 0 Å². The molecular formula is C12H22N2O2. The second-order valence-corrected chi connectivity index (χ2v) is 5.42. The van der Waals surface area contributed by atoms with Gasteiger partial charge in [0.25, 0.3) is 0 Å². The van der Waals surface area contributed by atoms with E-state index in [0.29, 0.717) is 6.54 Å². The second kappa shape index (κ2) is 4.72. The van der Waals surface area contributed by atoms with Crippen molar-refractivity contribution in [3.8, 4) is 0 Å². The van der Waals surface area contributed by atoms with Crippen molar-refractivity contribution in [3.63, 3.8) is 0 Å². The lowest BCUT2D eigenvalue weighted by molar-refractivity contribution is -0.126. The zero-order valence-electron chi connectivity index (χ0n) is 9.74. The van der Waals surface area contributed by atoms with Gasteiger partial charge in [0.1, 0.15) is 0 Å². The summed E-state index contributed by atoms with van der Waals surface area (Å²) in [4.78, 5) is 11.8. The SMILES string of the molecule is NC1CCC(C(=O)NCC2(O)CCCC2)C1. The molecule has 1 amide bonds. The topological polar surface area (TPSA) is 75.4 Å². The van der Waals surface area contributed by atoms with Crippen molar-refractivity contribution < 1.29 is 9.90 Å². The van der Waals surface area contributed by atoms with Crippen LogP contribution in [0.3, 0.4) is 0 Å². The number of amides is 1. The number of nitrogens with one attached hydrogen (secondary N) is 1. The molecule has 2 aliphatic carbocycles. The minimum atomic E-state index is -0.642. The van der Waals surface area contributed by atoms with Crippen LogP contribution in [0, 0.1) is 5.92 Å². The highest BCUT2D eigenvalue weighted by atomic mass is 16.3. The zero-order valence-corrected chi connectivity index (χ0v) is 9.74. The lowest BCUT2D eigenvalue weighted by Gasteiger charge is -2.23. The van der Waals surface area contributed by atoms with Gasteiger partial charge in [0, 0.05) is 18.5 Å². The molecule has 2 saturated carbocycles. The van der Waals surface area contributed by atoms with E-state index >= 15 is 0 Å². The highest BCUT2D eigenvalue weighted by Crippen LogP contribution is 2.29. The van der Waals surface area contributed by atoms with Gasteiger partial charge >= 0.3 is 0 Å². The maximum atomic E-state index is 11.8. The van der Waals surface area contributed by atoms with Crippen LogP contribution >= 0.6 is 0 Å². The average Bonchev–Trinajstić information content (AvgIpc) is 2.85. The van der Waals surface area contributed by atoms with Crippen LogP contribution in [-0.2, 0) is 4.79 Å². The highest BCUT2D eigenvalue weighted by Gasteiger charge is 2.33. The van der Waals surface area contributed by atoms with Gasteiger partial charge in [-0.3, -0.25) is 4.79 Å². The predicted molar refractivity (Wildman–Crippen MR) is 61.7 cm³/mol. The van der Waals surface area contributed by atoms with Gasteiger partial charge in [0.15, 0.2) is 0 Å². The van der Waals surface area contributed by atoms with Crippen LogP contribution in [0.5, 0.6) is 0 Å². The Morgan fingerprint density at radius 2 is 2.06 bits per heavy atom. The van der Waals surface area contributed by atoms with E-state index in [0.717, 1.165) is 44.9 Å². The van der Waals surface area contributed by atoms with E-state index in [1.54, 1.807) is 0 Å². The number of carbonyl (C=O) groups excluding carboxylic acids is 1. The van der Waals surface area contributed by atoms with Gasteiger partial charge in [-0.25, -0.2) is 0 Å². The molecule has 2 unspecified atom stereocenters. The fourth-order valence-electron chi connectivity index (χ4n) is 2.86. The van der Waals surface area contributed by atoms with Gasteiger partial charge in [-0.2, -0.15) is 0 Å². The molecule has 0 radical (unpaired) electrons. The second-order valence-electron chi connectivity index (χ2n) is 5.42. The van der Waals surface area contributed by atoms with Crippen molar-refractivity contribution in [3.05, 3.63) is 0 Å². The van der Waals surface area contributed by atoms with Gasteiger partial charge in [-0.15, -0.1) is 0 Å². The van der Waals surface area contributed by atoms with Crippen molar-refractivity contribution in [2.24, 2.45) is 11.7 Å². The van der Waals surface area contributed by atoms with Gasteiger partial charge in [-0.05, 0) is 32.1 Å². The minimum Gasteiger partial charge on any atom is -0.388 e. The van der Waals surface area contributed by atoms with E-state index < -0.39 is 5.60 Å². The molecule has 2 aliphatic rings. The highest BCUT2D eigenvalue weighted by molar-refractivity contribution is 5.79. The number of aliphatic hydroxyl groups is 1. The van der Waals surface area contributed by atoms with Crippen molar-refractivity contribution in [1.82, 2.24) is 5.32 Å². The molecule has 4 nitrogen and oxygen atoms in total. The molecule has 0 aromatic rings. The summed E-state index contributed by atoms with van der Waals surface area (Å²) in [5, 5.41) is 13.0. The monoisotopic (exact) mass is 226 g/mol. The first-order chi connectivity index (χ1) is 7.59. The molecule has 0 bridgehead atoms. The first-order valence-electron chi connectivity index (χ1n) is 6.35. The van der Waals surface area contributed by atoms with Gasteiger partial charge < -0.3 is 16.2 Å². The molecule has 0 heterocycles. The quantitative estimate of drug-likeness (QED) is 0.657. The molecular weight excluding hydrogens is 204 g/mol. The zero-order chi connectivity index (χ0) is 11.6. The molecule has 0 saturated heterocycles. The summed E-state index contributed by atoms with van der Waals surface area (Å²) in [5.74, 6) is 0.147. The summed E-state index contributed by atoms with van der Waals surface area (Å²) in [6.45, 7) is 0.414. The van der Waals surface area contributed by atoms with Crippen LogP contribution < -0.4 is 11.1 Å². The summed E-state index contributed by atoms with van der Waals surface area (Å²) in [6.07, 6.45) is 6.41. The summed E-state index contributed by atoms with van der Waals surface area (Å²) >= 11 is 0. The lowest BCUT2D eigenvalue weighted by Crippen LogP contribution is -2.42. The maximum Gasteiger partial charge on any atom is 0.223 e. The van der Waals surface area contributed by atoms with E-state index in [4.69, 9.17) is 5.73 Å². The molecule has 0 aliphatic heterocycles. The third-order valence-corrected chi connectivity index (χ3v) is 3.97. The smallest absolute Gasteiger partial charge is 0.223 e. The number of hydrogen-bond donors (Lipinski definition) is 3. The third kappa shape index (κ3) is 2.74. The molecule has 4 heteroatoms. The lowest BCUT2D eigenvalue weighted by atomic mass is 10.0. The average molecular weight is 226 g/mol. The van der Waals surface area contributed by atoms with Crippen molar-refractivity contribution in [2.75, 3.05) is 6.54 Å². The minimum absolute atomic E-state index is 0.0694.